The predicted octanol–water partition coefficient (Wildman–Crippen LogP) is 2.17. The third-order valence-corrected chi connectivity index (χ3v) is 6.63. The molecule has 4 fully saturated rings. The van der Waals surface area contributed by atoms with Crippen molar-refractivity contribution < 1.29 is 9.53 Å². The molecule has 0 aromatic rings. The molecule has 0 radical (unpaired) electrons. The molecule has 4 aliphatic rings. The number of carbonyl (C=O) groups is 1. The van der Waals surface area contributed by atoms with E-state index in [4.69, 9.17) is 4.74 Å². The second-order valence-electron chi connectivity index (χ2n) is 8.21. The van der Waals surface area contributed by atoms with Gasteiger partial charge in [0.05, 0.1) is 6.54 Å². The molecule has 4 saturated heterocycles. The summed E-state index contributed by atoms with van der Waals surface area (Å²) in [5.74, 6) is 0.854. The lowest BCUT2D eigenvalue weighted by molar-refractivity contribution is -0.0151. The summed E-state index contributed by atoms with van der Waals surface area (Å²) in [6, 6.07) is 0.837. The van der Waals surface area contributed by atoms with Gasteiger partial charge in [0.1, 0.15) is 5.60 Å². The van der Waals surface area contributed by atoms with Crippen molar-refractivity contribution >= 4 is 6.09 Å². The van der Waals surface area contributed by atoms with Crippen molar-refractivity contribution in [3.63, 3.8) is 0 Å². The summed E-state index contributed by atoms with van der Waals surface area (Å²) in [5.41, 5.74) is -0.189. The number of likely N-dealkylation sites (tertiary alicyclic amines) is 1. The van der Waals surface area contributed by atoms with Crippen molar-refractivity contribution in [3.05, 3.63) is 0 Å². The quantitative estimate of drug-likeness (QED) is 0.781. The zero-order valence-electron chi connectivity index (χ0n) is 14.5. The molecule has 0 aromatic heterocycles. The van der Waals surface area contributed by atoms with Gasteiger partial charge in [0.25, 0.3) is 0 Å². The van der Waals surface area contributed by atoms with E-state index in [0.29, 0.717) is 0 Å². The van der Waals surface area contributed by atoms with Crippen LogP contribution in [0.5, 0.6) is 0 Å². The summed E-state index contributed by atoms with van der Waals surface area (Å²) in [5, 5.41) is 0. The van der Waals surface area contributed by atoms with Crippen molar-refractivity contribution in [3.8, 4) is 0 Å². The van der Waals surface area contributed by atoms with E-state index >= 15 is 0 Å². The molecule has 4 aliphatic heterocycles. The van der Waals surface area contributed by atoms with Gasteiger partial charge in [-0.2, -0.15) is 0 Å². The standard InChI is InChI=1S/C18H31N3O2/c1-19-14-18(23-17(19)22)7-11-20(12-8-18)13-15-5-4-10-21-9-3-2-6-16(15)21/h15-16H,2-14H2,1H3/t15-,16+/m0/s1. The van der Waals surface area contributed by atoms with Gasteiger partial charge >= 0.3 is 6.09 Å². The van der Waals surface area contributed by atoms with Gasteiger partial charge in [-0.1, -0.05) is 6.42 Å². The van der Waals surface area contributed by atoms with E-state index in [2.05, 4.69) is 9.80 Å². The molecule has 0 aromatic carbocycles. The molecular weight excluding hydrogens is 290 g/mol. The van der Waals surface area contributed by atoms with E-state index in [-0.39, 0.29) is 11.7 Å². The van der Waals surface area contributed by atoms with Gasteiger partial charge in [-0.05, 0) is 44.7 Å². The van der Waals surface area contributed by atoms with Crippen molar-refractivity contribution in [2.24, 2.45) is 5.92 Å². The van der Waals surface area contributed by atoms with Crippen molar-refractivity contribution in [1.29, 1.82) is 0 Å². The van der Waals surface area contributed by atoms with Crippen LogP contribution in [0.3, 0.4) is 0 Å². The van der Waals surface area contributed by atoms with Crippen LogP contribution in [-0.2, 0) is 4.74 Å². The highest BCUT2D eigenvalue weighted by Gasteiger charge is 2.46. The molecule has 5 nitrogen and oxygen atoms in total. The summed E-state index contributed by atoms with van der Waals surface area (Å²) >= 11 is 0. The minimum absolute atomic E-state index is 0.136. The third kappa shape index (κ3) is 3.10. The van der Waals surface area contributed by atoms with E-state index in [1.54, 1.807) is 4.90 Å². The Kier molecular flexibility index (Phi) is 4.26. The maximum absolute atomic E-state index is 11.7. The van der Waals surface area contributed by atoms with Gasteiger partial charge in [0.15, 0.2) is 0 Å². The molecule has 4 heterocycles. The maximum atomic E-state index is 11.7. The lowest BCUT2D eigenvalue weighted by atomic mass is 9.82. The number of piperidine rings is 3. The van der Waals surface area contributed by atoms with E-state index < -0.39 is 0 Å². The number of rotatable bonds is 2. The molecule has 0 unspecified atom stereocenters. The average molecular weight is 321 g/mol. The second kappa shape index (κ2) is 6.25. The first kappa shape index (κ1) is 15.7. The van der Waals surface area contributed by atoms with Gasteiger partial charge < -0.3 is 19.4 Å². The fourth-order valence-corrected chi connectivity index (χ4v) is 5.32. The number of hydrogen-bond acceptors (Lipinski definition) is 4. The fourth-order valence-electron chi connectivity index (χ4n) is 5.32. The van der Waals surface area contributed by atoms with Crippen LogP contribution >= 0.6 is 0 Å². The van der Waals surface area contributed by atoms with E-state index in [9.17, 15) is 4.79 Å². The molecule has 4 rings (SSSR count). The van der Waals surface area contributed by atoms with Crippen LogP contribution in [0.15, 0.2) is 0 Å². The number of likely N-dealkylation sites (N-methyl/N-ethyl adjacent to an activating group) is 1. The smallest absolute Gasteiger partial charge is 0.410 e. The van der Waals surface area contributed by atoms with Gasteiger partial charge in [0, 0.05) is 45.6 Å². The second-order valence-corrected chi connectivity index (χ2v) is 8.21. The van der Waals surface area contributed by atoms with Crippen LogP contribution in [-0.4, -0.2) is 78.8 Å². The van der Waals surface area contributed by atoms with Crippen molar-refractivity contribution in [2.45, 2.75) is 56.6 Å². The van der Waals surface area contributed by atoms with Crippen LogP contribution < -0.4 is 0 Å². The van der Waals surface area contributed by atoms with Crippen LogP contribution in [0, 0.1) is 5.92 Å². The zero-order valence-corrected chi connectivity index (χ0v) is 14.5. The Labute approximate surface area is 139 Å². The van der Waals surface area contributed by atoms with Crippen molar-refractivity contribution in [2.75, 3.05) is 46.3 Å². The summed E-state index contributed by atoms with van der Waals surface area (Å²) < 4.78 is 5.68. The van der Waals surface area contributed by atoms with Crippen LogP contribution in [0.1, 0.15) is 44.9 Å². The zero-order chi connectivity index (χ0) is 15.9. The van der Waals surface area contributed by atoms with E-state index in [0.717, 1.165) is 44.4 Å². The Bertz CT molecular complexity index is 446. The highest BCUT2D eigenvalue weighted by Crippen LogP contribution is 2.35. The predicted molar refractivity (Wildman–Crippen MR) is 89.5 cm³/mol. The average Bonchev–Trinajstić information content (AvgIpc) is 2.84. The lowest BCUT2D eigenvalue weighted by Gasteiger charge is -2.47. The van der Waals surface area contributed by atoms with Gasteiger partial charge in [0.2, 0.25) is 0 Å². The van der Waals surface area contributed by atoms with Crippen LogP contribution in [0.2, 0.25) is 0 Å². The minimum atomic E-state index is -0.189. The summed E-state index contributed by atoms with van der Waals surface area (Å²) in [6.45, 7) is 6.86. The number of amides is 1. The summed E-state index contributed by atoms with van der Waals surface area (Å²) in [7, 11) is 1.85. The molecule has 1 amide bonds. The largest absolute Gasteiger partial charge is 0.441 e. The molecule has 0 aliphatic carbocycles. The number of ether oxygens (including phenoxy) is 1. The Balaban J connectivity index is 1.32. The molecule has 130 valence electrons. The minimum Gasteiger partial charge on any atom is -0.441 e. The number of carbonyl (C=O) groups excluding carboxylic acids is 1. The number of fused-ring (bicyclic) bond motifs is 1. The topological polar surface area (TPSA) is 36.0 Å². The summed E-state index contributed by atoms with van der Waals surface area (Å²) in [4.78, 5) is 18.8. The molecule has 5 heteroatoms. The van der Waals surface area contributed by atoms with Crippen LogP contribution in [0.4, 0.5) is 4.79 Å². The normalized spacial score (nSPS) is 35.3. The third-order valence-electron chi connectivity index (χ3n) is 6.63. The first-order chi connectivity index (χ1) is 11.2. The first-order valence-corrected chi connectivity index (χ1v) is 9.56. The highest BCUT2D eigenvalue weighted by atomic mass is 16.6. The Hall–Kier alpha value is -0.810. The van der Waals surface area contributed by atoms with E-state index in [1.165, 1.54) is 51.7 Å². The van der Waals surface area contributed by atoms with Crippen molar-refractivity contribution in [1.82, 2.24) is 14.7 Å². The molecule has 0 N–H and O–H groups in total. The van der Waals surface area contributed by atoms with Gasteiger partial charge in [-0.25, -0.2) is 4.79 Å². The lowest BCUT2D eigenvalue weighted by Crippen LogP contribution is -2.53. The molecule has 23 heavy (non-hydrogen) atoms. The Morgan fingerprint density at radius 1 is 1.09 bits per heavy atom. The SMILES string of the molecule is CN1CC2(CCN(C[C@@H]3CCCN4CCCC[C@H]34)CC2)OC1=O. The fraction of sp³-hybridized carbons (Fsp3) is 0.944. The number of hydrogen-bond donors (Lipinski definition) is 0. The van der Waals surface area contributed by atoms with Crippen LogP contribution in [0.25, 0.3) is 0 Å². The molecule has 0 saturated carbocycles. The monoisotopic (exact) mass is 321 g/mol. The van der Waals surface area contributed by atoms with E-state index in [1.807, 2.05) is 7.05 Å². The molecule has 0 bridgehead atoms. The molecular formula is C18H31N3O2. The molecule has 2 atom stereocenters. The Morgan fingerprint density at radius 2 is 1.87 bits per heavy atom. The summed E-state index contributed by atoms with van der Waals surface area (Å²) in [6.07, 6.45) is 8.88. The highest BCUT2D eigenvalue weighted by molar-refractivity contribution is 5.70. The molecule has 1 spiro atoms. The van der Waals surface area contributed by atoms with Gasteiger partial charge in [-0.3, -0.25) is 0 Å². The Morgan fingerprint density at radius 3 is 2.61 bits per heavy atom. The van der Waals surface area contributed by atoms with Gasteiger partial charge in [-0.15, -0.1) is 0 Å². The maximum Gasteiger partial charge on any atom is 0.410 e. The number of nitrogens with zero attached hydrogens (tertiary/aromatic N) is 3. The first-order valence-electron chi connectivity index (χ1n) is 9.56.